The Bertz CT molecular complexity index is 580. The minimum Gasteiger partial charge on any atom is -0.368 e. The number of nitrogens with one attached hydrogen (secondary N) is 1. The Morgan fingerprint density at radius 1 is 1.24 bits per heavy atom. The highest BCUT2D eigenvalue weighted by atomic mass is 35.5. The lowest BCUT2D eigenvalue weighted by Crippen LogP contribution is -2.58. The summed E-state index contributed by atoms with van der Waals surface area (Å²) in [6, 6.07) is 6.89. The second-order valence-electron chi connectivity index (χ2n) is 6.59. The molecule has 0 aromatic heterocycles. The molecule has 2 amide bonds. The number of urea groups is 1. The average molecular weight is 370 g/mol. The van der Waals surface area contributed by atoms with Gasteiger partial charge in [0.2, 0.25) is 0 Å². The standard InChI is InChI=1S/C18H24FN3O2.ClH/c19-14-4-8-16(9-5-14)21-10-11-22(18(24)20-15-6-7-15)17(13-21)3-1-2-12-23;/h4-5,8-9,12,15,17H,1-3,6-7,10-11,13H2,(H,20,24);1H. The highest BCUT2D eigenvalue weighted by molar-refractivity contribution is 5.85. The van der Waals surface area contributed by atoms with Gasteiger partial charge in [-0.25, -0.2) is 9.18 Å². The molecule has 1 aliphatic heterocycles. The highest BCUT2D eigenvalue weighted by Gasteiger charge is 2.33. The number of carbonyl (C=O) groups is 2. The zero-order valence-electron chi connectivity index (χ0n) is 14.2. The van der Waals surface area contributed by atoms with Crippen LogP contribution in [0.4, 0.5) is 14.9 Å². The molecule has 7 heteroatoms. The van der Waals surface area contributed by atoms with E-state index in [1.54, 1.807) is 12.1 Å². The molecule has 1 unspecified atom stereocenters. The lowest BCUT2D eigenvalue weighted by molar-refractivity contribution is -0.108. The molecule has 1 aliphatic carbocycles. The van der Waals surface area contributed by atoms with Gasteiger partial charge < -0.3 is 19.9 Å². The van der Waals surface area contributed by atoms with E-state index < -0.39 is 0 Å². The van der Waals surface area contributed by atoms with Gasteiger partial charge in [0, 0.05) is 37.8 Å². The number of halogens is 2. The van der Waals surface area contributed by atoms with Crippen molar-refractivity contribution in [1.29, 1.82) is 0 Å². The predicted molar refractivity (Wildman–Crippen MR) is 97.8 cm³/mol. The fourth-order valence-corrected chi connectivity index (χ4v) is 3.18. The minimum absolute atomic E-state index is 0. The third-order valence-electron chi connectivity index (χ3n) is 4.70. The first-order valence-corrected chi connectivity index (χ1v) is 8.68. The molecule has 0 bridgehead atoms. The van der Waals surface area contributed by atoms with Crippen LogP contribution in [0.3, 0.4) is 0 Å². The molecule has 1 heterocycles. The van der Waals surface area contributed by atoms with E-state index >= 15 is 0 Å². The number of nitrogens with zero attached hydrogens (tertiary/aromatic N) is 2. The Morgan fingerprint density at radius 2 is 1.96 bits per heavy atom. The maximum atomic E-state index is 13.1. The van der Waals surface area contributed by atoms with Crippen molar-refractivity contribution < 1.29 is 14.0 Å². The van der Waals surface area contributed by atoms with Gasteiger partial charge >= 0.3 is 6.03 Å². The number of benzene rings is 1. The van der Waals surface area contributed by atoms with Crippen molar-refractivity contribution in [3.63, 3.8) is 0 Å². The van der Waals surface area contributed by atoms with Crippen molar-refractivity contribution in [3.05, 3.63) is 30.1 Å². The van der Waals surface area contributed by atoms with Crippen molar-refractivity contribution in [2.45, 2.75) is 44.2 Å². The summed E-state index contributed by atoms with van der Waals surface area (Å²) in [7, 11) is 0. The number of hydrogen-bond acceptors (Lipinski definition) is 3. The van der Waals surface area contributed by atoms with Gasteiger partial charge in [-0.1, -0.05) is 0 Å². The molecule has 25 heavy (non-hydrogen) atoms. The van der Waals surface area contributed by atoms with E-state index in [1.807, 2.05) is 4.90 Å². The van der Waals surface area contributed by atoms with Gasteiger partial charge in [-0.3, -0.25) is 0 Å². The molecule has 5 nitrogen and oxygen atoms in total. The van der Waals surface area contributed by atoms with E-state index in [-0.39, 0.29) is 30.3 Å². The van der Waals surface area contributed by atoms with Gasteiger partial charge in [0.15, 0.2) is 0 Å². The normalized spacial score (nSPS) is 20.0. The zero-order valence-corrected chi connectivity index (χ0v) is 15.0. The number of aldehydes is 1. The van der Waals surface area contributed by atoms with Crippen molar-refractivity contribution in [2.75, 3.05) is 24.5 Å². The van der Waals surface area contributed by atoms with Gasteiger partial charge in [0.1, 0.15) is 12.1 Å². The third kappa shape index (κ3) is 5.33. The topological polar surface area (TPSA) is 52.7 Å². The van der Waals surface area contributed by atoms with Gasteiger partial charge in [-0.2, -0.15) is 0 Å². The van der Waals surface area contributed by atoms with E-state index in [1.165, 1.54) is 12.1 Å². The molecule has 2 aliphatic rings. The first kappa shape index (κ1) is 19.5. The Labute approximate surface area is 154 Å². The van der Waals surface area contributed by atoms with Crippen LogP contribution in [-0.4, -0.2) is 48.9 Å². The summed E-state index contributed by atoms with van der Waals surface area (Å²) in [5.74, 6) is -0.247. The monoisotopic (exact) mass is 369 g/mol. The average Bonchev–Trinajstić information content (AvgIpc) is 3.39. The maximum absolute atomic E-state index is 13.1. The SMILES string of the molecule is Cl.O=CCCCC1CN(c2ccc(F)cc2)CCN1C(=O)NC1CC1. The summed E-state index contributed by atoms with van der Waals surface area (Å²) in [6.45, 7) is 2.08. The summed E-state index contributed by atoms with van der Waals surface area (Å²) < 4.78 is 13.1. The summed E-state index contributed by atoms with van der Waals surface area (Å²) in [4.78, 5) is 27.1. The van der Waals surface area contributed by atoms with Crippen LogP contribution < -0.4 is 10.2 Å². The number of amides is 2. The lowest BCUT2D eigenvalue weighted by Gasteiger charge is -2.42. The fraction of sp³-hybridized carbons (Fsp3) is 0.556. The third-order valence-corrected chi connectivity index (χ3v) is 4.70. The number of anilines is 1. The van der Waals surface area contributed by atoms with Crippen LogP contribution in [0.25, 0.3) is 0 Å². The Morgan fingerprint density at radius 3 is 2.60 bits per heavy atom. The van der Waals surface area contributed by atoms with Crippen LogP contribution in [0.5, 0.6) is 0 Å². The molecule has 138 valence electrons. The Balaban J connectivity index is 0.00000225. The second-order valence-corrected chi connectivity index (χ2v) is 6.59. The molecule has 1 aromatic rings. The maximum Gasteiger partial charge on any atom is 0.317 e. The van der Waals surface area contributed by atoms with Crippen LogP contribution in [-0.2, 0) is 4.79 Å². The number of rotatable bonds is 6. The summed E-state index contributed by atoms with van der Waals surface area (Å²) in [6.07, 6.45) is 5.15. The largest absolute Gasteiger partial charge is 0.368 e. The van der Waals surface area contributed by atoms with Gasteiger partial charge in [0.25, 0.3) is 0 Å². The number of piperazine rings is 1. The predicted octanol–water partition coefficient (Wildman–Crippen LogP) is 2.98. The van der Waals surface area contributed by atoms with E-state index in [0.29, 0.717) is 25.6 Å². The fourth-order valence-electron chi connectivity index (χ4n) is 3.18. The summed E-state index contributed by atoms with van der Waals surface area (Å²) in [5, 5.41) is 3.06. The van der Waals surface area contributed by atoms with Crippen LogP contribution in [0.2, 0.25) is 0 Å². The van der Waals surface area contributed by atoms with Gasteiger partial charge in [-0.15, -0.1) is 12.4 Å². The second kappa shape index (κ2) is 9.04. The van der Waals surface area contributed by atoms with Crippen molar-refractivity contribution in [3.8, 4) is 0 Å². The van der Waals surface area contributed by atoms with Crippen molar-refractivity contribution in [2.24, 2.45) is 0 Å². The molecule has 0 spiro atoms. The molecule has 1 atom stereocenters. The Kier molecular flexibility index (Phi) is 7.05. The molecular weight excluding hydrogens is 345 g/mol. The molecule has 1 aromatic carbocycles. The zero-order chi connectivity index (χ0) is 16.9. The Hall–Kier alpha value is -1.82. The van der Waals surface area contributed by atoms with Gasteiger partial charge in [-0.05, 0) is 49.9 Å². The number of hydrogen-bond donors (Lipinski definition) is 1. The molecule has 1 N–H and O–H groups in total. The summed E-state index contributed by atoms with van der Waals surface area (Å²) >= 11 is 0. The smallest absolute Gasteiger partial charge is 0.317 e. The lowest BCUT2D eigenvalue weighted by atomic mass is 10.0. The van der Waals surface area contributed by atoms with Gasteiger partial charge in [0.05, 0.1) is 6.04 Å². The van der Waals surface area contributed by atoms with Crippen LogP contribution in [0.15, 0.2) is 24.3 Å². The molecule has 1 saturated heterocycles. The van der Waals surface area contributed by atoms with Crippen LogP contribution in [0.1, 0.15) is 32.1 Å². The molecule has 2 fully saturated rings. The first-order chi connectivity index (χ1) is 11.7. The van der Waals surface area contributed by atoms with E-state index in [2.05, 4.69) is 10.2 Å². The van der Waals surface area contributed by atoms with Crippen LogP contribution >= 0.6 is 12.4 Å². The number of carbonyl (C=O) groups excluding carboxylic acids is 2. The minimum atomic E-state index is -0.247. The number of unbranched alkanes of at least 4 members (excludes halogenated alkanes) is 1. The van der Waals surface area contributed by atoms with Crippen LogP contribution in [0, 0.1) is 5.82 Å². The molecular formula is C18H25ClFN3O2. The quantitative estimate of drug-likeness (QED) is 0.619. The van der Waals surface area contributed by atoms with Crippen molar-refractivity contribution >= 4 is 30.4 Å². The van der Waals surface area contributed by atoms with E-state index in [9.17, 15) is 14.0 Å². The van der Waals surface area contributed by atoms with E-state index in [4.69, 9.17) is 0 Å². The highest BCUT2D eigenvalue weighted by Crippen LogP contribution is 2.24. The molecule has 0 radical (unpaired) electrons. The molecule has 3 rings (SSSR count). The first-order valence-electron chi connectivity index (χ1n) is 8.68. The molecule has 1 saturated carbocycles. The summed E-state index contributed by atoms with van der Waals surface area (Å²) in [5.41, 5.74) is 0.971. The van der Waals surface area contributed by atoms with Crippen molar-refractivity contribution in [1.82, 2.24) is 10.2 Å². The van der Waals surface area contributed by atoms with E-state index in [0.717, 1.165) is 44.2 Å².